The van der Waals surface area contributed by atoms with Crippen molar-refractivity contribution in [3.8, 4) is 0 Å². The molecule has 5 nitrogen and oxygen atoms in total. The first-order chi connectivity index (χ1) is 8.08. The summed E-state index contributed by atoms with van der Waals surface area (Å²) in [6.07, 6.45) is 2.08. The zero-order valence-corrected chi connectivity index (χ0v) is 10.0. The number of hydrogen-bond donors (Lipinski definition) is 0. The molecular formula is C12H16N3O2+. The first kappa shape index (κ1) is 11.6. The quantitative estimate of drug-likeness (QED) is 0.455. The Kier molecular flexibility index (Phi) is 3.08. The number of nitro benzene ring substituents is 1. The second-order valence-corrected chi connectivity index (χ2v) is 4.41. The smallest absolute Gasteiger partial charge is 0.262 e. The molecule has 0 bridgehead atoms. The van der Waals surface area contributed by atoms with Gasteiger partial charge in [-0.15, -0.1) is 0 Å². The average Bonchev–Trinajstić information content (AvgIpc) is 2.78. The lowest BCUT2D eigenvalue weighted by atomic mass is 10.2. The third kappa shape index (κ3) is 2.43. The minimum absolute atomic E-state index is 0.133. The SMILES string of the molecule is CC(C)[N+]1=CN(c2ccc([N+](=O)[O-])cc2)CC1. The van der Waals surface area contributed by atoms with Crippen molar-refractivity contribution < 1.29 is 9.50 Å². The van der Waals surface area contributed by atoms with Crippen LogP contribution in [0.1, 0.15) is 13.8 Å². The van der Waals surface area contributed by atoms with Gasteiger partial charge in [0.2, 0.25) is 6.34 Å². The third-order valence-corrected chi connectivity index (χ3v) is 2.94. The number of rotatable bonds is 3. The lowest BCUT2D eigenvalue weighted by Gasteiger charge is -2.05. The predicted octanol–water partition coefficient (Wildman–Crippen LogP) is 1.86. The fourth-order valence-corrected chi connectivity index (χ4v) is 1.87. The Morgan fingerprint density at radius 1 is 1.35 bits per heavy atom. The predicted molar refractivity (Wildman–Crippen MR) is 66.8 cm³/mol. The van der Waals surface area contributed by atoms with E-state index in [0.29, 0.717) is 6.04 Å². The van der Waals surface area contributed by atoms with E-state index < -0.39 is 0 Å². The average molecular weight is 234 g/mol. The summed E-state index contributed by atoms with van der Waals surface area (Å²) in [6, 6.07) is 7.15. The van der Waals surface area contributed by atoms with Crippen LogP contribution in [0.25, 0.3) is 0 Å². The Morgan fingerprint density at radius 2 is 2.00 bits per heavy atom. The van der Waals surface area contributed by atoms with E-state index >= 15 is 0 Å². The molecule has 1 aliphatic rings. The van der Waals surface area contributed by atoms with E-state index in [4.69, 9.17) is 0 Å². The molecule has 0 atom stereocenters. The van der Waals surface area contributed by atoms with Gasteiger partial charge in [-0.1, -0.05) is 0 Å². The van der Waals surface area contributed by atoms with Crippen LogP contribution in [-0.4, -0.2) is 35.0 Å². The van der Waals surface area contributed by atoms with Crippen LogP contribution >= 0.6 is 0 Å². The Bertz CT molecular complexity index is 451. The topological polar surface area (TPSA) is 49.4 Å². The molecule has 1 aromatic rings. The molecule has 1 aliphatic heterocycles. The summed E-state index contributed by atoms with van der Waals surface area (Å²) in [5.41, 5.74) is 1.13. The first-order valence-corrected chi connectivity index (χ1v) is 5.70. The molecule has 0 aliphatic carbocycles. The zero-order valence-electron chi connectivity index (χ0n) is 10.0. The van der Waals surface area contributed by atoms with Crippen LogP contribution in [0.2, 0.25) is 0 Å². The maximum atomic E-state index is 10.6. The molecule has 0 spiro atoms. The Labute approximate surface area is 100 Å². The van der Waals surface area contributed by atoms with E-state index in [1.165, 1.54) is 0 Å². The molecule has 0 fully saturated rings. The van der Waals surface area contributed by atoms with E-state index in [2.05, 4.69) is 29.7 Å². The summed E-state index contributed by atoms with van der Waals surface area (Å²) < 4.78 is 2.25. The minimum atomic E-state index is -0.377. The highest BCUT2D eigenvalue weighted by Crippen LogP contribution is 2.19. The number of hydrogen-bond acceptors (Lipinski definition) is 3. The second-order valence-electron chi connectivity index (χ2n) is 4.41. The van der Waals surface area contributed by atoms with Crippen LogP contribution in [0, 0.1) is 10.1 Å². The molecule has 0 saturated carbocycles. The van der Waals surface area contributed by atoms with Gasteiger partial charge in [0, 0.05) is 12.1 Å². The minimum Gasteiger partial charge on any atom is -0.262 e. The molecule has 17 heavy (non-hydrogen) atoms. The molecule has 0 unspecified atom stereocenters. The van der Waals surface area contributed by atoms with Crippen LogP contribution in [0.3, 0.4) is 0 Å². The monoisotopic (exact) mass is 234 g/mol. The summed E-state index contributed by atoms with van der Waals surface area (Å²) >= 11 is 0. The van der Waals surface area contributed by atoms with Gasteiger partial charge >= 0.3 is 0 Å². The van der Waals surface area contributed by atoms with Gasteiger partial charge in [0.1, 0.15) is 18.8 Å². The molecule has 1 heterocycles. The van der Waals surface area contributed by atoms with Crippen molar-refractivity contribution in [1.82, 2.24) is 0 Å². The van der Waals surface area contributed by atoms with Crippen molar-refractivity contribution in [3.05, 3.63) is 34.4 Å². The van der Waals surface area contributed by atoms with Crippen molar-refractivity contribution >= 4 is 17.7 Å². The number of non-ortho nitro benzene ring substituents is 1. The summed E-state index contributed by atoms with van der Waals surface area (Å²) in [4.78, 5) is 12.3. The van der Waals surface area contributed by atoms with Crippen LogP contribution in [0.5, 0.6) is 0 Å². The Hall–Kier alpha value is -1.91. The van der Waals surface area contributed by atoms with E-state index in [9.17, 15) is 10.1 Å². The van der Waals surface area contributed by atoms with Crippen LogP contribution in [0.4, 0.5) is 11.4 Å². The van der Waals surface area contributed by atoms with Crippen molar-refractivity contribution in [2.45, 2.75) is 19.9 Å². The molecular weight excluding hydrogens is 218 g/mol. The molecule has 0 N–H and O–H groups in total. The van der Waals surface area contributed by atoms with Gasteiger partial charge < -0.3 is 0 Å². The lowest BCUT2D eigenvalue weighted by molar-refractivity contribution is -0.545. The first-order valence-electron chi connectivity index (χ1n) is 5.70. The summed E-state index contributed by atoms with van der Waals surface area (Å²) in [5.74, 6) is 0. The molecule has 1 aromatic carbocycles. The van der Waals surface area contributed by atoms with Crippen molar-refractivity contribution in [3.63, 3.8) is 0 Å². The van der Waals surface area contributed by atoms with E-state index in [-0.39, 0.29) is 10.6 Å². The Morgan fingerprint density at radius 3 is 2.47 bits per heavy atom. The molecule has 2 rings (SSSR count). The van der Waals surface area contributed by atoms with Gasteiger partial charge in [0.15, 0.2) is 0 Å². The fourth-order valence-electron chi connectivity index (χ4n) is 1.87. The molecule has 90 valence electrons. The van der Waals surface area contributed by atoms with E-state index in [0.717, 1.165) is 18.8 Å². The summed E-state index contributed by atoms with van der Waals surface area (Å²) in [6.45, 7) is 6.22. The standard InChI is InChI=1S/C12H16N3O2/c1-10(2)13-7-8-14(9-13)11-3-5-12(6-4-11)15(16)17/h3-6,9-10H,7-8H2,1-2H3/q+1. The van der Waals surface area contributed by atoms with Gasteiger partial charge in [-0.2, -0.15) is 0 Å². The van der Waals surface area contributed by atoms with Crippen LogP contribution in [-0.2, 0) is 0 Å². The van der Waals surface area contributed by atoms with Crippen molar-refractivity contribution in [2.75, 3.05) is 18.0 Å². The van der Waals surface area contributed by atoms with Crippen molar-refractivity contribution in [2.24, 2.45) is 0 Å². The van der Waals surface area contributed by atoms with Gasteiger partial charge in [0.05, 0.1) is 11.0 Å². The molecule has 5 heteroatoms. The largest absolute Gasteiger partial charge is 0.269 e. The number of nitrogens with zero attached hydrogens (tertiary/aromatic N) is 3. The summed E-state index contributed by atoms with van der Waals surface area (Å²) in [7, 11) is 0. The molecule has 0 aromatic heterocycles. The maximum Gasteiger partial charge on any atom is 0.269 e. The molecule has 0 saturated heterocycles. The highest BCUT2D eigenvalue weighted by Gasteiger charge is 2.23. The van der Waals surface area contributed by atoms with Crippen molar-refractivity contribution in [1.29, 1.82) is 0 Å². The van der Waals surface area contributed by atoms with E-state index in [1.54, 1.807) is 24.3 Å². The highest BCUT2D eigenvalue weighted by molar-refractivity contribution is 5.77. The normalized spacial score (nSPS) is 15.2. The van der Waals surface area contributed by atoms with Gasteiger partial charge in [-0.05, 0) is 26.0 Å². The maximum absolute atomic E-state index is 10.6. The molecule has 0 amide bonds. The number of nitro groups is 1. The third-order valence-electron chi connectivity index (χ3n) is 2.94. The van der Waals surface area contributed by atoms with Crippen LogP contribution in [0.15, 0.2) is 24.3 Å². The Balaban J connectivity index is 2.17. The van der Waals surface area contributed by atoms with Gasteiger partial charge in [-0.3, -0.25) is 14.7 Å². The van der Waals surface area contributed by atoms with Gasteiger partial charge in [0.25, 0.3) is 5.69 Å². The van der Waals surface area contributed by atoms with Gasteiger partial charge in [-0.25, -0.2) is 4.90 Å². The fraction of sp³-hybridized carbons (Fsp3) is 0.417. The van der Waals surface area contributed by atoms with Crippen LogP contribution < -0.4 is 4.90 Å². The number of anilines is 1. The second kappa shape index (κ2) is 4.53. The lowest BCUT2D eigenvalue weighted by Crippen LogP contribution is -2.19. The van der Waals surface area contributed by atoms with E-state index in [1.807, 2.05) is 0 Å². The highest BCUT2D eigenvalue weighted by atomic mass is 16.6. The molecule has 0 radical (unpaired) electrons. The number of benzene rings is 1. The summed E-state index contributed by atoms with van der Waals surface area (Å²) in [5, 5.41) is 10.6. The zero-order chi connectivity index (χ0) is 12.4.